The Balaban J connectivity index is 1.67. The van der Waals surface area contributed by atoms with Crippen molar-refractivity contribution in [2.24, 2.45) is 7.05 Å². The Morgan fingerprint density at radius 3 is 2.48 bits per heavy atom. The van der Waals surface area contributed by atoms with Gasteiger partial charge < -0.3 is 10.2 Å². The number of sulfonamides is 1. The number of nitrogens with zero attached hydrogens (tertiary/aromatic N) is 5. The highest BCUT2D eigenvalue weighted by Gasteiger charge is 2.24. The molecule has 2 aromatic heterocycles. The predicted octanol–water partition coefficient (Wildman–Crippen LogP) is 1.22. The van der Waals surface area contributed by atoms with Crippen molar-refractivity contribution in [2.45, 2.75) is 37.8 Å². The summed E-state index contributed by atoms with van der Waals surface area (Å²) >= 11 is 0. The van der Waals surface area contributed by atoms with E-state index in [2.05, 4.69) is 25.1 Å². The molecule has 27 heavy (non-hydrogen) atoms. The second-order valence-electron chi connectivity index (χ2n) is 7.25. The number of hydrogen-bond acceptors (Lipinski definition) is 7. The predicted molar refractivity (Wildman–Crippen MR) is 106 cm³/mol. The Labute approximate surface area is 160 Å². The average molecular weight is 394 g/mol. The third-order valence-corrected chi connectivity index (χ3v) is 5.47. The van der Waals surface area contributed by atoms with Crippen LogP contribution in [0.4, 0.5) is 11.8 Å². The lowest BCUT2D eigenvalue weighted by atomic mass is 9.92. The van der Waals surface area contributed by atoms with E-state index in [1.807, 2.05) is 43.0 Å². The van der Waals surface area contributed by atoms with Gasteiger partial charge in [0.2, 0.25) is 16.0 Å². The molecule has 0 unspecified atom stereocenters. The highest BCUT2D eigenvalue weighted by atomic mass is 32.2. The first-order valence-electron chi connectivity index (χ1n) is 8.99. The molecular formula is C17H27N7O2S. The van der Waals surface area contributed by atoms with Gasteiger partial charge in [-0.1, -0.05) is 0 Å². The van der Waals surface area contributed by atoms with Crippen LogP contribution in [0.15, 0.2) is 18.5 Å². The zero-order valence-corrected chi connectivity index (χ0v) is 17.0. The first-order chi connectivity index (χ1) is 12.7. The van der Waals surface area contributed by atoms with E-state index in [4.69, 9.17) is 0 Å². The van der Waals surface area contributed by atoms with Gasteiger partial charge in [-0.2, -0.15) is 5.10 Å². The van der Waals surface area contributed by atoms with Crippen molar-refractivity contribution >= 4 is 21.8 Å². The Bertz CT molecular complexity index is 886. The summed E-state index contributed by atoms with van der Waals surface area (Å²) in [6.45, 7) is 0. The number of aromatic nitrogens is 4. The molecule has 2 heterocycles. The minimum absolute atomic E-state index is 0.0170. The summed E-state index contributed by atoms with van der Waals surface area (Å²) in [6, 6.07) is 2.13. The Hall–Kier alpha value is -2.20. The first kappa shape index (κ1) is 19.6. The molecule has 2 N–H and O–H groups in total. The topological polar surface area (TPSA) is 105 Å². The number of aryl methyl sites for hydroxylation is 1. The maximum atomic E-state index is 11.4. The summed E-state index contributed by atoms with van der Waals surface area (Å²) in [7, 11) is 2.70. The highest BCUT2D eigenvalue weighted by molar-refractivity contribution is 7.88. The number of hydrogen-bond donors (Lipinski definition) is 2. The summed E-state index contributed by atoms with van der Waals surface area (Å²) in [5.74, 6) is 1.56. The molecule has 0 atom stereocenters. The molecule has 0 amide bonds. The highest BCUT2D eigenvalue weighted by Crippen LogP contribution is 2.28. The van der Waals surface area contributed by atoms with Crippen LogP contribution in [0.2, 0.25) is 0 Å². The quantitative estimate of drug-likeness (QED) is 0.760. The van der Waals surface area contributed by atoms with Crippen molar-refractivity contribution in [1.82, 2.24) is 24.5 Å². The molecule has 1 aliphatic rings. The molecule has 0 saturated heterocycles. The monoisotopic (exact) mass is 393 g/mol. The van der Waals surface area contributed by atoms with Crippen LogP contribution >= 0.6 is 0 Å². The lowest BCUT2D eigenvalue weighted by Gasteiger charge is -2.29. The second kappa shape index (κ2) is 7.81. The van der Waals surface area contributed by atoms with E-state index in [1.165, 1.54) is 6.26 Å². The van der Waals surface area contributed by atoms with Crippen LogP contribution in [0.1, 0.15) is 25.7 Å². The van der Waals surface area contributed by atoms with E-state index in [0.717, 1.165) is 42.8 Å². The molecule has 0 aromatic carbocycles. The summed E-state index contributed by atoms with van der Waals surface area (Å²) < 4.78 is 27.2. The largest absolute Gasteiger partial charge is 0.362 e. The molecular weight excluding hydrogens is 366 g/mol. The van der Waals surface area contributed by atoms with Crippen LogP contribution in [0.5, 0.6) is 0 Å². The SMILES string of the molecule is CN(C)c1c(-c2ccnc(N[C@H]3CC[C@H](NS(C)(=O)=O)CC3)n2)cnn1C. The van der Waals surface area contributed by atoms with Gasteiger partial charge >= 0.3 is 0 Å². The smallest absolute Gasteiger partial charge is 0.223 e. The lowest BCUT2D eigenvalue weighted by Crippen LogP contribution is -2.39. The van der Waals surface area contributed by atoms with Crippen molar-refractivity contribution in [1.29, 1.82) is 0 Å². The van der Waals surface area contributed by atoms with Gasteiger partial charge in [-0.25, -0.2) is 23.1 Å². The maximum absolute atomic E-state index is 11.4. The number of nitrogens with one attached hydrogen (secondary N) is 2. The third-order valence-electron chi connectivity index (χ3n) is 4.70. The van der Waals surface area contributed by atoms with Gasteiger partial charge in [0.25, 0.3) is 0 Å². The Kier molecular flexibility index (Phi) is 5.66. The van der Waals surface area contributed by atoms with Gasteiger partial charge in [0, 0.05) is 39.4 Å². The van der Waals surface area contributed by atoms with Crippen molar-refractivity contribution in [3.05, 3.63) is 18.5 Å². The fourth-order valence-electron chi connectivity index (χ4n) is 3.56. The summed E-state index contributed by atoms with van der Waals surface area (Å²) in [4.78, 5) is 11.0. The molecule has 2 aromatic rings. The number of rotatable bonds is 6. The van der Waals surface area contributed by atoms with E-state index >= 15 is 0 Å². The summed E-state index contributed by atoms with van der Waals surface area (Å²) in [5, 5.41) is 7.72. The van der Waals surface area contributed by atoms with Crippen LogP contribution in [0.25, 0.3) is 11.3 Å². The van der Waals surface area contributed by atoms with Crippen LogP contribution in [0, 0.1) is 0 Å². The molecule has 9 nitrogen and oxygen atoms in total. The molecule has 1 aliphatic carbocycles. The standard InChI is InChI=1S/C17H27N7O2S/c1-23(2)16-14(11-19-24(16)3)15-9-10-18-17(21-15)20-12-5-7-13(8-6-12)22-27(4,25)26/h9-13,22H,5-8H2,1-4H3,(H,18,20,21)/t12-,13-. The van der Waals surface area contributed by atoms with Crippen molar-refractivity contribution in [3.63, 3.8) is 0 Å². The van der Waals surface area contributed by atoms with Gasteiger partial charge in [-0.15, -0.1) is 0 Å². The Morgan fingerprint density at radius 2 is 1.85 bits per heavy atom. The minimum atomic E-state index is -3.15. The third kappa shape index (κ3) is 4.95. The second-order valence-corrected chi connectivity index (χ2v) is 9.03. The molecule has 0 aliphatic heterocycles. The maximum Gasteiger partial charge on any atom is 0.223 e. The van der Waals surface area contributed by atoms with Gasteiger partial charge in [-0.05, 0) is 31.7 Å². The lowest BCUT2D eigenvalue weighted by molar-refractivity contribution is 0.387. The molecule has 3 rings (SSSR count). The van der Waals surface area contributed by atoms with E-state index < -0.39 is 10.0 Å². The van der Waals surface area contributed by atoms with Gasteiger partial charge in [0.1, 0.15) is 5.82 Å². The van der Waals surface area contributed by atoms with Crippen LogP contribution < -0.4 is 14.9 Å². The molecule has 0 radical (unpaired) electrons. The normalized spacial score (nSPS) is 20.4. The zero-order chi connectivity index (χ0) is 19.6. The van der Waals surface area contributed by atoms with E-state index in [0.29, 0.717) is 5.95 Å². The van der Waals surface area contributed by atoms with E-state index in [1.54, 1.807) is 6.20 Å². The van der Waals surface area contributed by atoms with Gasteiger partial charge in [-0.3, -0.25) is 4.68 Å². The zero-order valence-electron chi connectivity index (χ0n) is 16.2. The number of anilines is 2. The van der Waals surface area contributed by atoms with Crippen LogP contribution in [0.3, 0.4) is 0 Å². The van der Waals surface area contributed by atoms with Crippen molar-refractivity contribution in [2.75, 3.05) is 30.6 Å². The Morgan fingerprint density at radius 1 is 1.19 bits per heavy atom. The van der Waals surface area contributed by atoms with Crippen molar-refractivity contribution in [3.8, 4) is 11.3 Å². The first-order valence-corrected chi connectivity index (χ1v) is 10.9. The minimum Gasteiger partial charge on any atom is -0.362 e. The molecule has 148 valence electrons. The fraction of sp³-hybridized carbons (Fsp3) is 0.588. The molecule has 1 fully saturated rings. The molecule has 10 heteroatoms. The van der Waals surface area contributed by atoms with Crippen LogP contribution in [-0.2, 0) is 17.1 Å². The summed E-state index contributed by atoms with van der Waals surface area (Å²) in [6.07, 6.45) is 8.11. The average Bonchev–Trinajstić information content (AvgIpc) is 2.97. The fourth-order valence-corrected chi connectivity index (χ4v) is 4.40. The van der Waals surface area contributed by atoms with Gasteiger partial charge in [0.05, 0.1) is 23.7 Å². The van der Waals surface area contributed by atoms with E-state index in [9.17, 15) is 8.42 Å². The van der Waals surface area contributed by atoms with Gasteiger partial charge in [0.15, 0.2) is 0 Å². The molecule has 1 saturated carbocycles. The molecule has 0 bridgehead atoms. The van der Waals surface area contributed by atoms with Crippen molar-refractivity contribution < 1.29 is 8.42 Å². The van der Waals surface area contributed by atoms with E-state index in [-0.39, 0.29) is 12.1 Å². The molecule has 0 spiro atoms. The van der Waals surface area contributed by atoms with Crippen LogP contribution in [-0.4, -0.2) is 60.6 Å². The summed E-state index contributed by atoms with van der Waals surface area (Å²) in [5.41, 5.74) is 1.77.